The summed E-state index contributed by atoms with van der Waals surface area (Å²) < 4.78 is 32.7. The van der Waals surface area contributed by atoms with Gasteiger partial charge in [-0.25, -0.2) is 8.42 Å². The molecule has 4 rings (SSSR count). The lowest BCUT2D eigenvalue weighted by molar-refractivity contribution is -0.128. The number of rotatable bonds is 4. The van der Waals surface area contributed by atoms with Crippen LogP contribution in [0.3, 0.4) is 0 Å². The molecule has 0 aliphatic heterocycles. The summed E-state index contributed by atoms with van der Waals surface area (Å²) in [7, 11) is -4.05. The van der Waals surface area contributed by atoms with Crippen LogP contribution in [-0.4, -0.2) is 24.5 Å². The summed E-state index contributed by atoms with van der Waals surface area (Å²) in [4.78, 5) is 11.8. The van der Waals surface area contributed by atoms with Crippen LogP contribution in [0.4, 0.5) is 0 Å². The van der Waals surface area contributed by atoms with Crippen molar-refractivity contribution < 1.29 is 17.8 Å². The van der Waals surface area contributed by atoms with E-state index >= 15 is 0 Å². The third-order valence-electron chi connectivity index (χ3n) is 6.49. The van der Waals surface area contributed by atoms with Crippen molar-refractivity contribution in [2.75, 3.05) is 5.75 Å². The quantitative estimate of drug-likeness (QED) is 0.565. The molecule has 0 radical (unpaired) electrons. The van der Waals surface area contributed by atoms with E-state index < -0.39 is 21.3 Å². The fourth-order valence-electron chi connectivity index (χ4n) is 4.70. The molecule has 2 aromatic carbocycles. The average Bonchev–Trinajstić information content (AvgIpc) is 2.97. The lowest BCUT2D eigenvalue weighted by atomic mass is 9.70. The van der Waals surface area contributed by atoms with Gasteiger partial charge in [0.15, 0.2) is 0 Å². The third-order valence-corrected chi connectivity index (χ3v) is 8.78. The third kappa shape index (κ3) is 4.37. The Morgan fingerprint density at radius 2 is 1.50 bits per heavy atom. The molecule has 0 N–H and O–H groups in total. The number of hydrogen-bond acceptors (Lipinski definition) is 4. The highest BCUT2D eigenvalue weighted by atomic mass is 32.2. The van der Waals surface area contributed by atoms with Crippen molar-refractivity contribution in [2.45, 2.75) is 33.1 Å². The van der Waals surface area contributed by atoms with Gasteiger partial charge in [0.2, 0.25) is 0 Å². The van der Waals surface area contributed by atoms with Crippen LogP contribution in [0.15, 0.2) is 60.7 Å². The number of hydrogen-bond donors (Lipinski definition) is 0. The maximum atomic E-state index is 11.8. The molecular weight excluding hydrogens is 391 g/mol. The summed E-state index contributed by atoms with van der Waals surface area (Å²) in [6, 6.07) is 21.3. The van der Waals surface area contributed by atoms with Crippen LogP contribution < -0.4 is 10.6 Å². The topological polar surface area (TPSA) is 74.3 Å². The molecule has 2 aliphatic carbocycles. The van der Waals surface area contributed by atoms with Crippen molar-refractivity contribution in [1.29, 1.82) is 0 Å². The molecule has 2 fully saturated rings. The molecule has 0 saturated heterocycles. The molecule has 2 aromatic rings. The van der Waals surface area contributed by atoms with Crippen LogP contribution in [-0.2, 0) is 14.9 Å². The highest BCUT2D eigenvalue weighted by Gasteiger charge is 2.64. The summed E-state index contributed by atoms with van der Waals surface area (Å²) in [5.74, 6) is -0.280. The summed E-state index contributed by atoms with van der Waals surface area (Å²) >= 11 is 0. The number of carbonyl (C=O) groups is 1. The van der Waals surface area contributed by atoms with Crippen LogP contribution >= 0.6 is 8.58 Å². The van der Waals surface area contributed by atoms with Crippen molar-refractivity contribution in [3.05, 3.63) is 60.7 Å². The van der Waals surface area contributed by atoms with E-state index in [1.165, 1.54) is 10.6 Å². The van der Waals surface area contributed by atoms with E-state index in [9.17, 15) is 17.8 Å². The summed E-state index contributed by atoms with van der Waals surface area (Å²) in [6.07, 6.45) is 1.88. The number of Topliss-reactive ketones (excluding diaryl/α,β-unsaturated/α-hetero) is 1. The Morgan fingerprint density at radius 3 is 1.86 bits per heavy atom. The fraction of sp³-hybridized carbons (Fsp3) is 0.409. The first kappa shape index (κ1) is 21.2. The SMILES string of the molecule is CC1(C)C2CCC1(CS(=O)(=O)[O-])C(=O)C2.c1ccc([PH2+]c2ccccc2)cc1. The minimum atomic E-state index is -4.33. The smallest absolute Gasteiger partial charge is 0.140 e. The highest BCUT2D eigenvalue weighted by Crippen LogP contribution is 2.64. The Morgan fingerprint density at radius 1 is 1.00 bits per heavy atom. The predicted molar refractivity (Wildman–Crippen MR) is 115 cm³/mol. The molecule has 0 heterocycles. The molecule has 2 bridgehead atoms. The Hall–Kier alpha value is -1.55. The van der Waals surface area contributed by atoms with Gasteiger partial charge in [0.1, 0.15) is 5.78 Å². The largest absolute Gasteiger partial charge is 0.748 e. The van der Waals surface area contributed by atoms with Crippen molar-refractivity contribution in [1.82, 2.24) is 0 Å². The highest BCUT2D eigenvalue weighted by molar-refractivity contribution is 7.85. The van der Waals surface area contributed by atoms with E-state index in [1.807, 2.05) is 13.8 Å². The van der Waals surface area contributed by atoms with E-state index in [0.717, 1.165) is 6.42 Å². The van der Waals surface area contributed by atoms with Gasteiger partial charge in [-0.15, -0.1) is 0 Å². The summed E-state index contributed by atoms with van der Waals surface area (Å²) in [6.45, 7) is 3.83. The van der Waals surface area contributed by atoms with Crippen molar-refractivity contribution >= 4 is 35.1 Å². The molecule has 2 unspecified atom stereocenters. The van der Waals surface area contributed by atoms with Crippen LogP contribution in [0.5, 0.6) is 0 Å². The van der Waals surface area contributed by atoms with Gasteiger partial charge in [-0.05, 0) is 48.4 Å². The van der Waals surface area contributed by atoms with Gasteiger partial charge in [-0.1, -0.05) is 50.2 Å². The van der Waals surface area contributed by atoms with Gasteiger partial charge < -0.3 is 4.55 Å². The van der Waals surface area contributed by atoms with Gasteiger partial charge >= 0.3 is 0 Å². The standard InChI is InChI=1S/C12H11P.C10H16O4S/c1-3-7-11(8-4-1)13-12-9-5-2-6-10-12;1-9(2)7-3-4-10(9,8(11)5-7)6-15(12,13)14/h1-10,13H;7H,3-6H2,1-2H3,(H,12,13,14). The lowest BCUT2D eigenvalue weighted by Crippen LogP contribution is -2.42. The molecule has 0 aromatic heterocycles. The van der Waals surface area contributed by atoms with Crippen LogP contribution in [0.2, 0.25) is 0 Å². The van der Waals surface area contributed by atoms with Gasteiger partial charge in [0, 0.05) is 11.8 Å². The maximum Gasteiger partial charge on any atom is 0.140 e. The van der Waals surface area contributed by atoms with Crippen LogP contribution in [0, 0.1) is 16.7 Å². The van der Waals surface area contributed by atoms with Gasteiger partial charge in [-0.2, -0.15) is 0 Å². The van der Waals surface area contributed by atoms with Crippen LogP contribution in [0.25, 0.3) is 0 Å². The Labute approximate surface area is 169 Å². The van der Waals surface area contributed by atoms with E-state index in [2.05, 4.69) is 60.7 Å². The molecule has 2 atom stereocenters. The molecule has 6 heteroatoms. The average molecular weight is 418 g/mol. The van der Waals surface area contributed by atoms with Crippen molar-refractivity contribution in [2.24, 2.45) is 16.7 Å². The second kappa shape index (κ2) is 8.06. The normalized spacial score (nSPS) is 25.2. The van der Waals surface area contributed by atoms with Gasteiger partial charge in [0.05, 0.1) is 35.1 Å². The first-order valence-electron chi connectivity index (χ1n) is 9.56. The minimum absolute atomic E-state index is 0.0248. The Bertz CT molecular complexity index is 888. The van der Waals surface area contributed by atoms with Crippen molar-refractivity contribution in [3.8, 4) is 0 Å². The molecule has 28 heavy (non-hydrogen) atoms. The Balaban J connectivity index is 0.000000162. The zero-order chi connectivity index (χ0) is 20.4. The molecule has 2 aliphatic rings. The van der Waals surface area contributed by atoms with E-state index in [0.29, 0.717) is 12.8 Å². The molecule has 150 valence electrons. The number of fused-ring (bicyclic) bond motifs is 2. The lowest BCUT2D eigenvalue weighted by Gasteiger charge is -2.37. The Kier molecular flexibility index (Phi) is 6.09. The second-order valence-corrected chi connectivity index (χ2v) is 11.4. The maximum absolute atomic E-state index is 11.8. The van der Waals surface area contributed by atoms with E-state index in [4.69, 9.17) is 0 Å². The second-order valence-electron chi connectivity index (χ2n) is 8.33. The molecule has 0 amide bonds. The zero-order valence-corrected chi connectivity index (χ0v) is 18.3. The fourth-order valence-corrected chi connectivity index (χ4v) is 7.20. The van der Waals surface area contributed by atoms with Gasteiger partial charge in [0.25, 0.3) is 0 Å². The molecular formula is C22H27O4PS. The number of carbonyl (C=O) groups excluding carboxylic acids is 1. The number of ketones is 1. The van der Waals surface area contributed by atoms with Gasteiger partial charge in [-0.3, -0.25) is 4.79 Å². The molecule has 4 nitrogen and oxygen atoms in total. The van der Waals surface area contributed by atoms with E-state index in [-0.39, 0.29) is 25.7 Å². The van der Waals surface area contributed by atoms with E-state index in [1.54, 1.807) is 0 Å². The first-order valence-corrected chi connectivity index (χ1v) is 12.3. The predicted octanol–water partition coefficient (Wildman–Crippen LogP) is 2.98. The summed E-state index contributed by atoms with van der Waals surface area (Å²) in [5, 5.41) is 2.90. The zero-order valence-electron chi connectivity index (χ0n) is 16.3. The van der Waals surface area contributed by atoms with Crippen LogP contribution in [0.1, 0.15) is 33.1 Å². The number of benzene rings is 2. The monoisotopic (exact) mass is 418 g/mol. The minimum Gasteiger partial charge on any atom is -0.748 e. The summed E-state index contributed by atoms with van der Waals surface area (Å²) in [5.41, 5.74) is -1.22. The molecule has 2 saturated carbocycles. The van der Waals surface area contributed by atoms with Crippen molar-refractivity contribution in [3.63, 3.8) is 0 Å². The first-order chi connectivity index (χ1) is 13.1. The molecule has 0 spiro atoms.